The fourth-order valence-corrected chi connectivity index (χ4v) is 1.54. The Morgan fingerprint density at radius 1 is 1.36 bits per heavy atom. The molecule has 1 fully saturated rings. The van der Waals surface area contributed by atoms with E-state index in [4.69, 9.17) is 4.42 Å². The molecule has 4 heteroatoms. The third-order valence-corrected chi connectivity index (χ3v) is 2.10. The maximum absolute atomic E-state index is 10.5. The van der Waals surface area contributed by atoms with E-state index in [-0.39, 0.29) is 0 Å². The molecule has 0 atom stereocenters. The minimum atomic E-state index is -0.688. The van der Waals surface area contributed by atoms with Crippen LogP contribution in [0.4, 0.5) is 0 Å². The molecule has 1 aromatic heterocycles. The molecular weight excluding hydrogens is 146 g/mol. The summed E-state index contributed by atoms with van der Waals surface area (Å²) in [6.45, 7) is 0. The Bertz CT molecular complexity index is 282. The average molecular weight is 155 g/mol. The largest absolute Gasteiger partial charge is 0.542 e. The Morgan fingerprint density at radius 3 is 2.64 bits per heavy atom. The van der Waals surface area contributed by atoms with Gasteiger partial charge in [-0.15, -0.1) is 0 Å². The summed E-state index contributed by atoms with van der Waals surface area (Å²) < 4.78 is 9.04. The Labute approximate surface area is 63.2 Å². The third-order valence-electron chi connectivity index (χ3n) is 2.10. The van der Waals surface area contributed by atoms with E-state index in [2.05, 4.69) is 9.68 Å². The summed E-state index contributed by atoms with van der Waals surface area (Å²) in [4.78, 5) is 10.5. The fraction of sp³-hybridized carbons (Fsp3) is 0.714. The number of aromatic nitrogens is 1. The van der Waals surface area contributed by atoms with E-state index in [1.807, 2.05) is 0 Å². The molecule has 0 N–H and O–H groups in total. The van der Waals surface area contributed by atoms with Gasteiger partial charge < -0.3 is 4.42 Å². The standard InChI is InChI=1S/C7H9NO3/c9-7-10-6(8-11-7)5-3-1-2-4-5/h5H,1-4H2. The lowest BCUT2D eigenvalue weighted by molar-refractivity contribution is 0.333. The van der Waals surface area contributed by atoms with Crippen molar-refractivity contribution in [2.24, 2.45) is 0 Å². The molecule has 0 aliphatic heterocycles. The van der Waals surface area contributed by atoms with E-state index in [1.54, 1.807) is 0 Å². The van der Waals surface area contributed by atoms with Gasteiger partial charge in [0.25, 0.3) is 0 Å². The highest BCUT2D eigenvalue weighted by Gasteiger charge is 2.22. The lowest BCUT2D eigenvalue weighted by Crippen LogP contribution is -1.92. The summed E-state index contributed by atoms with van der Waals surface area (Å²) in [7, 11) is 0. The molecule has 0 unspecified atom stereocenters. The summed E-state index contributed by atoms with van der Waals surface area (Å²) in [5.74, 6) is 0.112. The van der Waals surface area contributed by atoms with Crippen LogP contribution < -0.4 is 5.82 Å². The van der Waals surface area contributed by atoms with Crippen molar-refractivity contribution in [2.45, 2.75) is 31.6 Å². The highest BCUT2D eigenvalue weighted by Crippen LogP contribution is 2.32. The Balaban J connectivity index is 2.21. The van der Waals surface area contributed by atoms with Crippen molar-refractivity contribution in [3.8, 4) is 0 Å². The molecule has 2 rings (SSSR count). The molecule has 1 aliphatic carbocycles. The first-order valence-electron chi connectivity index (χ1n) is 3.83. The van der Waals surface area contributed by atoms with Gasteiger partial charge in [0.15, 0.2) is 0 Å². The molecule has 4 nitrogen and oxygen atoms in total. The van der Waals surface area contributed by atoms with E-state index in [1.165, 1.54) is 12.8 Å². The second-order valence-electron chi connectivity index (χ2n) is 2.85. The fourth-order valence-electron chi connectivity index (χ4n) is 1.54. The van der Waals surface area contributed by atoms with Crippen molar-refractivity contribution < 1.29 is 8.94 Å². The van der Waals surface area contributed by atoms with Gasteiger partial charge in [0.2, 0.25) is 5.89 Å². The summed E-state index contributed by atoms with van der Waals surface area (Å²) in [5.41, 5.74) is 0. The molecule has 0 spiro atoms. The molecule has 11 heavy (non-hydrogen) atoms. The van der Waals surface area contributed by atoms with E-state index in [9.17, 15) is 4.79 Å². The van der Waals surface area contributed by atoms with Gasteiger partial charge in [-0.1, -0.05) is 12.8 Å². The van der Waals surface area contributed by atoms with Crippen LogP contribution in [0.1, 0.15) is 37.5 Å². The third kappa shape index (κ3) is 1.20. The zero-order valence-corrected chi connectivity index (χ0v) is 6.08. The van der Waals surface area contributed by atoms with Crippen molar-refractivity contribution in [3.63, 3.8) is 0 Å². The lowest BCUT2D eigenvalue weighted by atomic mass is 10.1. The molecule has 1 aromatic rings. The monoisotopic (exact) mass is 155 g/mol. The van der Waals surface area contributed by atoms with Gasteiger partial charge in [0, 0.05) is 5.92 Å². The van der Waals surface area contributed by atoms with Gasteiger partial charge >= 0.3 is 5.82 Å². The number of rotatable bonds is 1. The van der Waals surface area contributed by atoms with Crippen LogP contribution in [0.5, 0.6) is 0 Å². The van der Waals surface area contributed by atoms with E-state index >= 15 is 0 Å². The maximum atomic E-state index is 10.5. The van der Waals surface area contributed by atoms with Crippen LogP contribution in [0.2, 0.25) is 0 Å². The number of nitrogens with zero attached hydrogens (tertiary/aromatic N) is 1. The Kier molecular flexibility index (Phi) is 1.52. The van der Waals surface area contributed by atoms with Gasteiger partial charge in [-0.05, 0) is 18.0 Å². The van der Waals surface area contributed by atoms with Gasteiger partial charge in [0.05, 0.1) is 0 Å². The summed E-state index contributed by atoms with van der Waals surface area (Å²) in [5, 5.41) is 3.54. The molecular formula is C7H9NO3. The highest BCUT2D eigenvalue weighted by molar-refractivity contribution is 4.90. The zero-order valence-electron chi connectivity index (χ0n) is 6.08. The molecule has 1 saturated carbocycles. The van der Waals surface area contributed by atoms with Crippen molar-refractivity contribution in [3.05, 3.63) is 16.5 Å². The molecule has 0 radical (unpaired) electrons. The minimum absolute atomic E-state index is 0.321. The first-order chi connectivity index (χ1) is 5.36. The molecule has 1 heterocycles. The zero-order chi connectivity index (χ0) is 7.68. The van der Waals surface area contributed by atoms with Crippen molar-refractivity contribution in [2.75, 3.05) is 0 Å². The molecule has 0 bridgehead atoms. The number of hydrogen-bond acceptors (Lipinski definition) is 4. The quantitative estimate of drug-likeness (QED) is 0.613. The number of hydrogen-bond donors (Lipinski definition) is 0. The topological polar surface area (TPSA) is 56.2 Å². The van der Waals surface area contributed by atoms with Crippen LogP contribution in [-0.4, -0.2) is 5.16 Å². The van der Waals surface area contributed by atoms with Gasteiger partial charge in [0.1, 0.15) is 0 Å². The maximum Gasteiger partial charge on any atom is 0.542 e. The summed E-state index contributed by atoms with van der Waals surface area (Å²) in [6, 6.07) is 0. The second-order valence-corrected chi connectivity index (χ2v) is 2.85. The molecule has 0 aromatic carbocycles. The van der Waals surface area contributed by atoms with Crippen molar-refractivity contribution >= 4 is 0 Å². The first-order valence-corrected chi connectivity index (χ1v) is 3.83. The van der Waals surface area contributed by atoms with Gasteiger partial charge in [-0.25, -0.2) is 4.79 Å². The SMILES string of the molecule is O=c1onc(C2CCCC2)o1. The Hall–Kier alpha value is -1.06. The van der Waals surface area contributed by atoms with Crippen molar-refractivity contribution in [1.29, 1.82) is 0 Å². The predicted octanol–water partition coefficient (Wildman–Crippen LogP) is 1.29. The van der Waals surface area contributed by atoms with Gasteiger partial charge in [-0.2, -0.15) is 0 Å². The minimum Gasteiger partial charge on any atom is -0.375 e. The van der Waals surface area contributed by atoms with Crippen LogP contribution in [-0.2, 0) is 0 Å². The van der Waals surface area contributed by atoms with Crippen LogP contribution >= 0.6 is 0 Å². The van der Waals surface area contributed by atoms with Crippen molar-refractivity contribution in [1.82, 2.24) is 5.16 Å². The normalized spacial score (nSPS) is 19.3. The highest BCUT2D eigenvalue weighted by atomic mass is 16.6. The van der Waals surface area contributed by atoms with E-state index < -0.39 is 5.82 Å². The summed E-state index contributed by atoms with van der Waals surface area (Å²) in [6.07, 6.45) is 4.52. The van der Waals surface area contributed by atoms with Crippen LogP contribution in [0, 0.1) is 0 Å². The smallest absolute Gasteiger partial charge is 0.375 e. The van der Waals surface area contributed by atoms with Crippen LogP contribution in [0.3, 0.4) is 0 Å². The lowest BCUT2D eigenvalue weighted by Gasteiger charge is -1.97. The molecule has 0 amide bonds. The van der Waals surface area contributed by atoms with Gasteiger partial charge in [-0.3, -0.25) is 4.52 Å². The first kappa shape index (κ1) is 6.64. The van der Waals surface area contributed by atoms with Crippen LogP contribution in [0.15, 0.2) is 13.7 Å². The summed E-state index contributed by atoms with van der Waals surface area (Å²) >= 11 is 0. The molecule has 1 aliphatic rings. The average Bonchev–Trinajstić information content (AvgIpc) is 2.55. The van der Waals surface area contributed by atoms with E-state index in [0.717, 1.165) is 12.8 Å². The van der Waals surface area contributed by atoms with Crippen LogP contribution in [0.25, 0.3) is 0 Å². The Morgan fingerprint density at radius 2 is 2.09 bits per heavy atom. The molecule has 0 saturated heterocycles. The predicted molar refractivity (Wildman–Crippen MR) is 36.2 cm³/mol. The molecule has 60 valence electrons. The van der Waals surface area contributed by atoms with E-state index in [0.29, 0.717) is 11.8 Å². The second kappa shape index (κ2) is 2.53.